The topological polar surface area (TPSA) is 81.1 Å². The first-order chi connectivity index (χ1) is 17.8. The van der Waals surface area contributed by atoms with Crippen molar-refractivity contribution in [3.05, 3.63) is 96.1 Å². The maximum absolute atomic E-state index is 13.6. The number of benzene rings is 3. The number of likely N-dealkylation sites (tertiary alicyclic amines) is 1. The molecule has 3 aromatic rings. The molecule has 0 saturated carbocycles. The highest BCUT2D eigenvalue weighted by atomic mass is 16.4. The molecule has 4 rings (SSSR count). The predicted octanol–water partition coefficient (Wildman–Crippen LogP) is 5.11. The third-order valence-corrected chi connectivity index (χ3v) is 7.89. The normalized spacial score (nSPS) is 20.8. The van der Waals surface area contributed by atoms with Gasteiger partial charge in [-0.05, 0) is 59.7 Å². The van der Waals surface area contributed by atoms with E-state index in [2.05, 4.69) is 24.8 Å². The van der Waals surface area contributed by atoms with Crippen molar-refractivity contribution in [2.24, 2.45) is 5.92 Å². The molecule has 6 nitrogen and oxygen atoms in total. The van der Waals surface area contributed by atoms with Gasteiger partial charge in [-0.2, -0.15) is 0 Å². The Morgan fingerprint density at radius 2 is 1.70 bits per heavy atom. The average Bonchev–Trinajstić information content (AvgIpc) is 2.90. The lowest BCUT2D eigenvalue weighted by Gasteiger charge is -2.45. The Bertz CT molecular complexity index is 1200. The number of aliphatic carboxylic acids is 1. The lowest BCUT2D eigenvalue weighted by Crippen LogP contribution is -2.50. The van der Waals surface area contributed by atoms with Gasteiger partial charge < -0.3 is 15.1 Å². The van der Waals surface area contributed by atoms with E-state index in [0.29, 0.717) is 18.2 Å². The zero-order valence-corrected chi connectivity index (χ0v) is 21.6. The predicted molar refractivity (Wildman–Crippen MR) is 146 cm³/mol. The molecule has 1 saturated heterocycles. The van der Waals surface area contributed by atoms with Crippen LogP contribution in [0.15, 0.2) is 84.9 Å². The van der Waals surface area contributed by atoms with E-state index >= 15 is 0 Å². The molecule has 1 fully saturated rings. The van der Waals surface area contributed by atoms with Crippen LogP contribution in [0.4, 0.5) is 5.69 Å². The molecular formula is C31H36N2O4. The minimum Gasteiger partial charge on any atom is -0.508 e. The van der Waals surface area contributed by atoms with Crippen LogP contribution in [0.5, 0.6) is 5.75 Å². The van der Waals surface area contributed by atoms with Crippen molar-refractivity contribution in [2.45, 2.75) is 44.6 Å². The molecule has 0 aliphatic carbocycles. The molecule has 1 heterocycles. The summed E-state index contributed by atoms with van der Waals surface area (Å²) in [6, 6.07) is 25.0. The summed E-state index contributed by atoms with van der Waals surface area (Å²) in [4.78, 5) is 29.7. The van der Waals surface area contributed by atoms with Crippen molar-refractivity contribution in [3.63, 3.8) is 0 Å². The van der Waals surface area contributed by atoms with E-state index in [1.54, 1.807) is 18.2 Å². The van der Waals surface area contributed by atoms with Gasteiger partial charge >= 0.3 is 5.97 Å². The Morgan fingerprint density at radius 3 is 2.32 bits per heavy atom. The number of hydrogen-bond donors (Lipinski definition) is 2. The largest absolute Gasteiger partial charge is 0.508 e. The Morgan fingerprint density at radius 1 is 1.03 bits per heavy atom. The van der Waals surface area contributed by atoms with Crippen LogP contribution in [0.2, 0.25) is 0 Å². The highest BCUT2D eigenvalue weighted by Crippen LogP contribution is 2.40. The first-order valence-electron chi connectivity index (χ1n) is 12.9. The van der Waals surface area contributed by atoms with Gasteiger partial charge in [0.2, 0.25) is 5.91 Å². The molecule has 37 heavy (non-hydrogen) atoms. The van der Waals surface area contributed by atoms with Gasteiger partial charge in [-0.1, -0.05) is 74.5 Å². The number of nitrogens with zero attached hydrogens (tertiary/aromatic N) is 2. The number of carboxylic acids is 1. The smallest absolute Gasteiger partial charge is 0.327 e. The summed E-state index contributed by atoms with van der Waals surface area (Å²) in [6.07, 6.45) is 1.39. The highest BCUT2D eigenvalue weighted by Gasteiger charge is 2.38. The van der Waals surface area contributed by atoms with Crippen LogP contribution in [0, 0.1) is 5.92 Å². The summed E-state index contributed by atoms with van der Waals surface area (Å²) in [6.45, 7) is 6.70. The van der Waals surface area contributed by atoms with Crippen LogP contribution in [0.25, 0.3) is 0 Å². The second-order valence-electron chi connectivity index (χ2n) is 10.3. The zero-order chi connectivity index (χ0) is 26.4. The van der Waals surface area contributed by atoms with E-state index in [4.69, 9.17) is 0 Å². The fourth-order valence-corrected chi connectivity index (χ4v) is 5.40. The van der Waals surface area contributed by atoms with E-state index in [-0.39, 0.29) is 29.9 Å². The number of rotatable bonds is 9. The second kappa shape index (κ2) is 11.6. The number of phenols is 1. The van der Waals surface area contributed by atoms with Gasteiger partial charge in [0.15, 0.2) is 0 Å². The number of carboxylic acid groups (broad SMARTS) is 1. The fourth-order valence-electron chi connectivity index (χ4n) is 5.40. The molecule has 1 aliphatic rings. The number of piperidine rings is 1. The van der Waals surface area contributed by atoms with Gasteiger partial charge in [0.25, 0.3) is 0 Å². The first-order valence-corrected chi connectivity index (χ1v) is 12.9. The van der Waals surface area contributed by atoms with Crippen LogP contribution in [-0.4, -0.2) is 52.7 Å². The Kier molecular flexibility index (Phi) is 8.29. The number of para-hydroxylation sites is 1. The van der Waals surface area contributed by atoms with Gasteiger partial charge in [-0.25, -0.2) is 4.79 Å². The van der Waals surface area contributed by atoms with Crippen LogP contribution in [0.1, 0.15) is 37.8 Å². The molecule has 194 valence electrons. The summed E-state index contributed by atoms with van der Waals surface area (Å²) < 4.78 is 0. The van der Waals surface area contributed by atoms with Gasteiger partial charge in [-0.3, -0.25) is 9.69 Å². The number of anilines is 1. The van der Waals surface area contributed by atoms with Gasteiger partial charge in [0.05, 0.1) is 0 Å². The van der Waals surface area contributed by atoms with E-state index in [9.17, 15) is 19.8 Å². The lowest BCUT2D eigenvalue weighted by atomic mass is 9.68. The van der Waals surface area contributed by atoms with Crippen molar-refractivity contribution in [2.75, 3.05) is 24.5 Å². The molecule has 0 aromatic heterocycles. The second-order valence-corrected chi connectivity index (χ2v) is 10.3. The number of aromatic hydroxyl groups is 1. The summed E-state index contributed by atoms with van der Waals surface area (Å²) in [5, 5.41) is 20.1. The van der Waals surface area contributed by atoms with E-state index < -0.39 is 12.0 Å². The van der Waals surface area contributed by atoms with E-state index in [1.807, 2.05) is 60.7 Å². The molecule has 0 bridgehead atoms. The van der Waals surface area contributed by atoms with Crippen molar-refractivity contribution >= 4 is 17.6 Å². The summed E-state index contributed by atoms with van der Waals surface area (Å²) >= 11 is 0. The maximum Gasteiger partial charge on any atom is 0.327 e. The lowest BCUT2D eigenvalue weighted by molar-refractivity contribution is -0.140. The van der Waals surface area contributed by atoms with Crippen molar-refractivity contribution < 1.29 is 19.8 Å². The molecule has 3 atom stereocenters. The summed E-state index contributed by atoms with van der Waals surface area (Å²) in [7, 11) is 0. The third-order valence-electron chi connectivity index (χ3n) is 7.89. The third kappa shape index (κ3) is 6.20. The quantitative estimate of drug-likeness (QED) is 0.427. The SMILES string of the molecule is C[C@H]1CN(CCC(=O)N(c2ccccc2)[C@@H](Cc2ccccc2)C(=O)O)CC[C@@]1(C)c1cccc(O)c1. The van der Waals surface area contributed by atoms with Crippen molar-refractivity contribution in [1.82, 2.24) is 4.90 Å². The van der Waals surface area contributed by atoms with Crippen LogP contribution >= 0.6 is 0 Å². The molecule has 6 heteroatoms. The maximum atomic E-state index is 13.6. The fraction of sp³-hybridized carbons (Fsp3) is 0.355. The van der Waals surface area contributed by atoms with Gasteiger partial charge in [-0.15, -0.1) is 0 Å². The summed E-state index contributed by atoms with van der Waals surface area (Å²) in [5.41, 5.74) is 2.55. The molecule has 0 spiro atoms. The minimum atomic E-state index is -1.02. The standard InChI is InChI=1S/C31H36N2O4/c1-23-22-32(19-17-31(23,2)25-12-9-15-27(34)21-25)18-16-29(35)33(26-13-7-4-8-14-26)28(30(36)37)20-24-10-5-3-6-11-24/h3-15,21,23,28,34H,16-20,22H2,1-2H3,(H,36,37)/t23-,28-,31+/m0/s1. The summed E-state index contributed by atoms with van der Waals surface area (Å²) in [5.74, 6) is -0.602. The number of carbonyl (C=O) groups is 2. The molecule has 1 amide bonds. The van der Waals surface area contributed by atoms with Crippen LogP contribution in [0.3, 0.4) is 0 Å². The van der Waals surface area contributed by atoms with Crippen LogP contribution < -0.4 is 4.90 Å². The Labute approximate surface area is 219 Å². The molecule has 2 N–H and O–H groups in total. The number of carbonyl (C=O) groups excluding carboxylic acids is 1. The van der Waals surface area contributed by atoms with Crippen molar-refractivity contribution in [1.29, 1.82) is 0 Å². The number of amides is 1. The monoisotopic (exact) mass is 500 g/mol. The molecule has 0 radical (unpaired) electrons. The number of hydrogen-bond acceptors (Lipinski definition) is 4. The highest BCUT2D eigenvalue weighted by molar-refractivity contribution is 5.99. The van der Waals surface area contributed by atoms with E-state index in [0.717, 1.165) is 30.6 Å². The molecule has 0 unspecified atom stereocenters. The molecule has 1 aliphatic heterocycles. The van der Waals surface area contributed by atoms with Gasteiger partial charge in [0.1, 0.15) is 11.8 Å². The van der Waals surface area contributed by atoms with Gasteiger partial charge in [0, 0.05) is 31.6 Å². The Balaban J connectivity index is 1.46. The Hall–Kier alpha value is -3.64. The number of phenolic OH excluding ortho intramolecular Hbond substituents is 1. The van der Waals surface area contributed by atoms with Crippen molar-refractivity contribution in [3.8, 4) is 5.75 Å². The molecule has 3 aromatic carbocycles. The average molecular weight is 501 g/mol. The minimum absolute atomic E-state index is 0.0561. The van der Waals surface area contributed by atoms with E-state index in [1.165, 1.54) is 4.90 Å². The molecular weight excluding hydrogens is 464 g/mol. The zero-order valence-electron chi connectivity index (χ0n) is 21.6. The van der Waals surface area contributed by atoms with Crippen LogP contribution in [-0.2, 0) is 21.4 Å². The first kappa shape index (κ1) is 26.4.